The Bertz CT molecular complexity index is 533. The summed E-state index contributed by atoms with van der Waals surface area (Å²) < 4.78 is 5.96. The minimum Gasteiger partial charge on any atom is -0.492 e. The predicted octanol–water partition coefficient (Wildman–Crippen LogP) is 0.944. The molecule has 0 bridgehead atoms. The van der Waals surface area contributed by atoms with Gasteiger partial charge in [0.15, 0.2) is 0 Å². The molecule has 4 nitrogen and oxygen atoms in total. The van der Waals surface area contributed by atoms with Crippen molar-refractivity contribution in [3.8, 4) is 5.75 Å². The van der Waals surface area contributed by atoms with Crippen LogP contribution in [0.25, 0.3) is 0 Å². The Morgan fingerprint density at radius 3 is 2.89 bits per heavy atom. The molecule has 0 aliphatic carbocycles. The lowest BCUT2D eigenvalue weighted by Crippen LogP contribution is -2.40. The van der Waals surface area contributed by atoms with Crippen molar-refractivity contribution in [1.82, 2.24) is 10.6 Å². The Morgan fingerprint density at radius 1 is 1.22 bits per heavy atom. The molecule has 0 radical (unpaired) electrons. The summed E-state index contributed by atoms with van der Waals surface area (Å²) in [5.74, 6) is 1.01. The van der Waals surface area contributed by atoms with Gasteiger partial charge in [0.1, 0.15) is 5.75 Å². The predicted molar refractivity (Wildman–Crippen MR) is 66.9 cm³/mol. The third-order valence-electron chi connectivity index (χ3n) is 4.56. The van der Waals surface area contributed by atoms with E-state index in [-0.39, 0.29) is 11.3 Å². The number of piperidine rings is 1. The first kappa shape index (κ1) is 10.4. The molecule has 1 aromatic rings. The summed E-state index contributed by atoms with van der Waals surface area (Å²) in [5, 5.41) is 6.28. The number of hydrogen-bond donors (Lipinski definition) is 2. The van der Waals surface area contributed by atoms with Gasteiger partial charge in [0.25, 0.3) is 5.91 Å². The highest BCUT2D eigenvalue weighted by Crippen LogP contribution is 2.47. The van der Waals surface area contributed by atoms with Crippen LogP contribution in [0.4, 0.5) is 0 Å². The zero-order valence-corrected chi connectivity index (χ0v) is 10.2. The van der Waals surface area contributed by atoms with E-state index in [0.29, 0.717) is 6.54 Å². The molecule has 1 spiro atoms. The fourth-order valence-electron chi connectivity index (χ4n) is 3.47. The minimum atomic E-state index is 0.0302. The molecule has 94 valence electrons. The SMILES string of the molecule is O=C1NCc2c1ccc1c2OCC12CCNCC2. The molecule has 4 rings (SSSR count). The molecule has 0 aromatic heterocycles. The van der Waals surface area contributed by atoms with Gasteiger partial charge >= 0.3 is 0 Å². The number of nitrogens with one attached hydrogen (secondary N) is 2. The van der Waals surface area contributed by atoms with Crippen LogP contribution in [0.3, 0.4) is 0 Å². The van der Waals surface area contributed by atoms with Gasteiger partial charge in [-0.25, -0.2) is 0 Å². The molecule has 1 saturated heterocycles. The monoisotopic (exact) mass is 244 g/mol. The van der Waals surface area contributed by atoms with E-state index in [1.54, 1.807) is 0 Å². The highest BCUT2D eigenvalue weighted by molar-refractivity contribution is 5.99. The molecule has 0 unspecified atom stereocenters. The van der Waals surface area contributed by atoms with Crippen LogP contribution in [0.1, 0.15) is 34.3 Å². The summed E-state index contributed by atoms with van der Waals surface area (Å²) >= 11 is 0. The Kier molecular flexibility index (Phi) is 2.01. The van der Waals surface area contributed by atoms with E-state index in [4.69, 9.17) is 4.74 Å². The molecule has 18 heavy (non-hydrogen) atoms. The van der Waals surface area contributed by atoms with Gasteiger partial charge < -0.3 is 15.4 Å². The van der Waals surface area contributed by atoms with Crippen molar-refractivity contribution >= 4 is 5.91 Å². The average molecular weight is 244 g/mol. The number of carbonyl (C=O) groups is 1. The van der Waals surface area contributed by atoms with Crippen LogP contribution >= 0.6 is 0 Å². The van der Waals surface area contributed by atoms with Crippen LogP contribution < -0.4 is 15.4 Å². The van der Waals surface area contributed by atoms with Crippen molar-refractivity contribution in [2.24, 2.45) is 0 Å². The first-order chi connectivity index (χ1) is 8.80. The van der Waals surface area contributed by atoms with Crippen molar-refractivity contribution in [2.45, 2.75) is 24.8 Å². The van der Waals surface area contributed by atoms with E-state index in [2.05, 4.69) is 16.7 Å². The number of amides is 1. The summed E-state index contributed by atoms with van der Waals surface area (Å²) in [5.41, 5.74) is 3.35. The lowest BCUT2D eigenvalue weighted by Gasteiger charge is -2.32. The maximum atomic E-state index is 11.7. The van der Waals surface area contributed by atoms with Crippen LogP contribution in [0.2, 0.25) is 0 Å². The number of rotatable bonds is 0. The quantitative estimate of drug-likeness (QED) is 0.714. The third kappa shape index (κ3) is 1.21. The second-order valence-corrected chi connectivity index (χ2v) is 5.47. The Morgan fingerprint density at radius 2 is 2.06 bits per heavy atom. The summed E-state index contributed by atoms with van der Waals surface area (Å²) in [6.45, 7) is 3.49. The molecule has 1 aromatic carbocycles. The molecule has 4 heteroatoms. The van der Waals surface area contributed by atoms with E-state index in [1.807, 2.05) is 6.07 Å². The number of fused-ring (bicyclic) bond motifs is 4. The van der Waals surface area contributed by atoms with Crippen molar-refractivity contribution in [1.29, 1.82) is 0 Å². The van der Waals surface area contributed by atoms with Crippen molar-refractivity contribution < 1.29 is 9.53 Å². The lowest BCUT2D eigenvalue weighted by molar-refractivity contribution is 0.0965. The molecule has 1 fully saturated rings. The second kappa shape index (κ2) is 3.48. The topological polar surface area (TPSA) is 50.4 Å². The fourth-order valence-corrected chi connectivity index (χ4v) is 3.47. The van der Waals surface area contributed by atoms with Crippen LogP contribution in [-0.2, 0) is 12.0 Å². The normalized spacial score (nSPS) is 23.4. The van der Waals surface area contributed by atoms with Gasteiger partial charge in [-0.15, -0.1) is 0 Å². The number of carbonyl (C=O) groups excluding carboxylic acids is 1. The van der Waals surface area contributed by atoms with Crippen molar-refractivity contribution in [2.75, 3.05) is 19.7 Å². The highest BCUT2D eigenvalue weighted by Gasteiger charge is 2.43. The molecule has 3 heterocycles. The van der Waals surface area contributed by atoms with E-state index in [9.17, 15) is 4.79 Å². The maximum Gasteiger partial charge on any atom is 0.252 e. The van der Waals surface area contributed by atoms with Crippen molar-refractivity contribution in [3.63, 3.8) is 0 Å². The number of benzene rings is 1. The maximum absolute atomic E-state index is 11.7. The Hall–Kier alpha value is -1.55. The van der Waals surface area contributed by atoms with E-state index in [0.717, 1.165) is 49.4 Å². The summed E-state index contributed by atoms with van der Waals surface area (Å²) in [6.07, 6.45) is 2.25. The van der Waals surface area contributed by atoms with Gasteiger partial charge in [-0.05, 0) is 32.0 Å². The summed E-state index contributed by atoms with van der Waals surface area (Å²) in [4.78, 5) is 11.7. The molecule has 2 N–H and O–H groups in total. The second-order valence-electron chi connectivity index (χ2n) is 5.47. The van der Waals surface area contributed by atoms with E-state index >= 15 is 0 Å². The fraction of sp³-hybridized carbons (Fsp3) is 0.500. The minimum absolute atomic E-state index is 0.0302. The third-order valence-corrected chi connectivity index (χ3v) is 4.56. The van der Waals surface area contributed by atoms with E-state index in [1.165, 1.54) is 5.56 Å². The molecular weight excluding hydrogens is 228 g/mol. The van der Waals surface area contributed by atoms with Gasteiger partial charge in [0.05, 0.1) is 6.61 Å². The summed E-state index contributed by atoms with van der Waals surface area (Å²) in [6, 6.07) is 4.08. The Labute approximate surface area is 106 Å². The smallest absolute Gasteiger partial charge is 0.252 e. The number of ether oxygens (including phenoxy) is 1. The number of hydrogen-bond acceptors (Lipinski definition) is 3. The van der Waals surface area contributed by atoms with Crippen LogP contribution in [-0.4, -0.2) is 25.6 Å². The molecular formula is C14H16N2O2. The molecule has 0 saturated carbocycles. The van der Waals surface area contributed by atoms with Gasteiger partial charge in [0, 0.05) is 28.7 Å². The summed E-state index contributed by atoms with van der Waals surface area (Å²) in [7, 11) is 0. The van der Waals surface area contributed by atoms with Gasteiger partial charge in [0.2, 0.25) is 0 Å². The highest BCUT2D eigenvalue weighted by atomic mass is 16.5. The first-order valence-corrected chi connectivity index (χ1v) is 6.58. The van der Waals surface area contributed by atoms with Crippen molar-refractivity contribution in [3.05, 3.63) is 28.8 Å². The molecule has 0 atom stereocenters. The largest absolute Gasteiger partial charge is 0.492 e. The van der Waals surface area contributed by atoms with Crippen LogP contribution in [0.15, 0.2) is 12.1 Å². The zero-order valence-electron chi connectivity index (χ0n) is 10.2. The Balaban J connectivity index is 1.85. The van der Waals surface area contributed by atoms with Crippen LogP contribution in [0.5, 0.6) is 5.75 Å². The molecule has 3 aliphatic rings. The first-order valence-electron chi connectivity index (χ1n) is 6.58. The molecule has 1 amide bonds. The van der Waals surface area contributed by atoms with Gasteiger partial charge in [-0.3, -0.25) is 4.79 Å². The van der Waals surface area contributed by atoms with Crippen LogP contribution in [0, 0.1) is 0 Å². The van der Waals surface area contributed by atoms with Gasteiger partial charge in [-0.1, -0.05) is 6.07 Å². The van der Waals surface area contributed by atoms with Gasteiger partial charge in [-0.2, -0.15) is 0 Å². The zero-order chi connectivity index (χ0) is 12.2. The van der Waals surface area contributed by atoms with E-state index < -0.39 is 0 Å². The lowest BCUT2D eigenvalue weighted by atomic mass is 9.74. The average Bonchev–Trinajstić information content (AvgIpc) is 2.94. The standard InChI is InChI=1S/C14H16N2O2/c17-13-9-1-2-11-12(10(9)7-16-13)18-8-14(11)3-5-15-6-4-14/h1-2,15H,3-8H2,(H,16,17). The molecule has 3 aliphatic heterocycles.